The topological polar surface area (TPSA) is 69.4 Å². The molecule has 0 saturated carbocycles. The van der Waals surface area contributed by atoms with Crippen LogP contribution in [-0.2, 0) is 16.1 Å². The number of ether oxygens (including phenoxy) is 1. The third kappa shape index (κ3) is 0.884. The van der Waals surface area contributed by atoms with E-state index >= 15 is 0 Å². The first-order valence-electron chi connectivity index (χ1n) is 3.35. The number of aliphatic imine (C=N–C) groups is 1. The molecule has 0 fully saturated rings. The van der Waals surface area contributed by atoms with Crippen molar-refractivity contribution in [3.8, 4) is 0 Å². The second-order valence-corrected chi connectivity index (χ2v) is 2.27. The van der Waals surface area contributed by atoms with Gasteiger partial charge in [-0.3, -0.25) is 0 Å². The van der Waals surface area contributed by atoms with Crippen LogP contribution >= 0.6 is 0 Å². The van der Waals surface area contributed by atoms with Gasteiger partial charge < -0.3 is 4.74 Å². The first kappa shape index (κ1) is 6.96. The van der Waals surface area contributed by atoms with Gasteiger partial charge in [0.05, 0.1) is 13.7 Å². The summed E-state index contributed by atoms with van der Waals surface area (Å²) in [6.45, 7) is 0.349. The average molecular weight is 166 g/mol. The molecule has 6 heteroatoms. The lowest BCUT2D eigenvalue weighted by molar-refractivity contribution is -0.132. The standard InChI is InChI=1S/C6H6N4O2/c1-12-5(11)4-2-10-6(9-4)7-3-8-10/h3H,2H2,1H3. The van der Waals surface area contributed by atoms with Gasteiger partial charge in [0.25, 0.3) is 0 Å². The Labute approximate surface area is 67.9 Å². The number of methoxy groups -OCH3 is 1. The van der Waals surface area contributed by atoms with Gasteiger partial charge in [-0.25, -0.2) is 14.5 Å². The molecule has 6 nitrogen and oxygen atoms in total. The van der Waals surface area contributed by atoms with Crippen LogP contribution in [0.25, 0.3) is 0 Å². The zero-order chi connectivity index (χ0) is 8.55. The lowest BCUT2D eigenvalue weighted by Gasteiger charge is -1.95. The van der Waals surface area contributed by atoms with Gasteiger partial charge in [0.1, 0.15) is 6.33 Å². The van der Waals surface area contributed by atoms with Gasteiger partial charge >= 0.3 is 5.97 Å². The maximum atomic E-state index is 11.0. The van der Waals surface area contributed by atoms with Crippen LogP contribution in [0.2, 0.25) is 0 Å². The lowest BCUT2D eigenvalue weighted by Crippen LogP contribution is -2.17. The molecule has 0 aromatic carbocycles. The van der Waals surface area contributed by atoms with Gasteiger partial charge in [0.15, 0.2) is 5.71 Å². The molecule has 0 bridgehead atoms. The molecule has 1 aromatic rings. The summed E-state index contributed by atoms with van der Waals surface area (Å²) in [5.41, 5.74) is 0.341. The molecule has 0 amide bonds. The maximum Gasteiger partial charge on any atom is 0.354 e. The summed E-state index contributed by atoms with van der Waals surface area (Å²) >= 11 is 0. The van der Waals surface area contributed by atoms with E-state index < -0.39 is 5.97 Å². The van der Waals surface area contributed by atoms with Crippen LogP contribution in [0.15, 0.2) is 11.3 Å². The molecule has 0 aliphatic carbocycles. The zero-order valence-corrected chi connectivity index (χ0v) is 6.39. The Morgan fingerprint density at radius 3 is 3.25 bits per heavy atom. The van der Waals surface area contributed by atoms with E-state index in [0.717, 1.165) is 0 Å². The van der Waals surface area contributed by atoms with Crippen LogP contribution in [-0.4, -0.2) is 33.6 Å². The normalized spacial score (nSPS) is 13.9. The molecule has 12 heavy (non-hydrogen) atoms. The highest BCUT2D eigenvalue weighted by Crippen LogP contribution is 2.14. The zero-order valence-electron chi connectivity index (χ0n) is 6.39. The Balaban J connectivity index is 2.27. The molecular formula is C6H6N4O2. The lowest BCUT2D eigenvalue weighted by atomic mass is 10.4. The summed E-state index contributed by atoms with van der Waals surface area (Å²) in [6.07, 6.45) is 1.40. The predicted octanol–water partition coefficient (Wildman–Crippen LogP) is -0.463. The van der Waals surface area contributed by atoms with E-state index in [9.17, 15) is 4.79 Å². The van der Waals surface area contributed by atoms with Crippen molar-refractivity contribution >= 4 is 17.6 Å². The Hall–Kier alpha value is -1.72. The van der Waals surface area contributed by atoms with Gasteiger partial charge in [-0.05, 0) is 0 Å². The van der Waals surface area contributed by atoms with E-state index in [2.05, 4.69) is 19.8 Å². The summed E-state index contributed by atoms with van der Waals surface area (Å²) in [5.74, 6) is 0.0256. The molecule has 0 unspecified atom stereocenters. The first-order chi connectivity index (χ1) is 5.81. The van der Waals surface area contributed by atoms with Crippen molar-refractivity contribution in [2.45, 2.75) is 6.54 Å². The minimum Gasteiger partial charge on any atom is -0.464 e. The molecule has 2 heterocycles. The van der Waals surface area contributed by atoms with E-state index in [1.807, 2.05) is 0 Å². The van der Waals surface area contributed by atoms with Gasteiger partial charge in [-0.15, -0.1) is 0 Å². The molecule has 0 saturated heterocycles. The fourth-order valence-electron chi connectivity index (χ4n) is 0.982. The Bertz CT molecular complexity index is 354. The summed E-state index contributed by atoms with van der Waals surface area (Å²) in [7, 11) is 1.32. The van der Waals surface area contributed by atoms with Crippen molar-refractivity contribution in [3.05, 3.63) is 6.33 Å². The largest absolute Gasteiger partial charge is 0.464 e. The Kier molecular flexibility index (Phi) is 1.39. The highest BCUT2D eigenvalue weighted by Gasteiger charge is 2.21. The van der Waals surface area contributed by atoms with Gasteiger partial charge in [0.2, 0.25) is 5.95 Å². The van der Waals surface area contributed by atoms with Crippen molar-refractivity contribution in [2.24, 2.45) is 4.99 Å². The molecule has 0 radical (unpaired) electrons. The predicted molar refractivity (Wildman–Crippen MR) is 39.1 cm³/mol. The van der Waals surface area contributed by atoms with Gasteiger partial charge in [0, 0.05) is 0 Å². The molecule has 1 aliphatic rings. The van der Waals surface area contributed by atoms with E-state index in [4.69, 9.17) is 0 Å². The van der Waals surface area contributed by atoms with Crippen molar-refractivity contribution < 1.29 is 9.53 Å². The second-order valence-electron chi connectivity index (χ2n) is 2.27. The summed E-state index contributed by atoms with van der Waals surface area (Å²) in [5, 5.41) is 3.85. The quantitative estimate of drug-likeness (QED) is 0.529. The van der Waals surface area contributed by atoms with Crippen molar-refractivity contribution in [1.82, 2.24) is 14.8 Å². The molecule has 0 N–H and O–H groups in total. The number of fused-ring (bicyclic) bond motifs is 1. The minimum atomic E-state index is -0.428. The van der Waals surface area contributed by atoms with Crippen molar-refractivity contribution in [2.75, 3.05) is 7.11 Å². The number of hydrogen-bond donors (Lipinski definition) is 0. The fraction of sp³-hybridized carbons (Fsp3) is 0.333. The maximum absolute atomic E-state index is 11.0. The molecule has 0 spiro atoms. The SMILES string of the molecule is COC(=O)C1=Nc2ncnn2C1. The van der Waals surface area contributed by atoms with Crippen LogP contribution in [0.5, 0.6) is 0 Å². The van der Waals surface area contributed by atoms with Crippen LogP contribution in [0.3, 0.4) is 0 Å². The number of esters is 1. The average Bonchev–Trinajstić information content (AvgIpc) is 2.60. The van der Waals surface area contributed by atoms with E-state index in [0.29, 0.717) is 18.2 Å². The molecule has 1 aromatic heterocycles. The number of hydrogen-bond acceptors (Lipinski definition) is 5. The Morgan fingerprint density at radius 2 is 2.58 bits per heavy atom. The van der Waals surface area contributed by atoms with Crippen LogP contribution in [0.1, 0.15) is 0 Å². The molecule has 0 atom stereocenters. The minimum absolute atomic E-state index is 0.341. The summed E-state index contributed by atoms with van der Waals surface area (Å²) in [6, 6.07) is 0. The fourth-order valence-corrected chi connectivity index (χ4v) is 0.982. The van der Waals surface area contributed by atoms with Crippen LogP contribution in [0, 0.1) is 0 Å². The third-order valence-corrected chi connectivity index (χ3v) is 1.55. The van der Waals surface area contributed by atoms with E-state index in [1.165, 1.54) is 18.1 Å². The van der Waals surface area contributed by atoms with E-state index in [1.54, 1.807) is 0 Å². The van der Waals surface area contributed by atoms with Crippen molar-refractivity contribution in [3.63, 3.8) is 0 Å². The van der Waals surface area contributed by atoms with Crippen LogP contribution < -0.4 is 0 Å². The van der Waals surface area contributed by atoms with E-state index in [-0.39, 0.29) is 0 Å². The number of aromatic nitrogens is 3. The molecule has 2 rings (SSSR count). The van der Waals surface area contributed by atoms with Crippen molar-refractivity contribution in [1.29, 1.82) is 0 Å². The number of nitrogens with zero attached hydrogens (tertiary/aromatic N) is 4. The van der Waals surface area contributed by atoms with Crippen LogP contribution in [0.4, 0.5) is 5.95 Å². The summed E-state index contributed by atoms with van der Waals surface area (Å²) in [4.78, 5) is 18.7. The molecule has 1 aliphatic heterocycles. The van der Waals surface area contributed by atoms with Gasteiger partial charge in [-0.1, -0.05) is 0 Å². The number of carbonyl (C=O) groups is 1. The monoisotopic (exact) mass is 166 g/mol. The second kappa shape index (κ2) is 2.40. The third-order valence-electron chi connectivity index (χ3n) is 1.55. The number of carbonyl (C=O) groups excluding carboxylic acids is 1. The molecular weight excluding hydrogens is 160 g/mol. The smallest absolute Gasteiger partial charge is 0.354 e. The highest BCUT2D eigenvalue weighted by molar-refractivity contribution is 6.37. The highest BCUT2D eigenvalue weighted by atomic mass is 16.5. The Morgan fingerprint density at radius 1 is 1.75 bits per heavy atom. The first-order valence-corrected chi connectivity index (χ1v) is 3.35. The molecule has 62 valence electrons. The summed E-state index contributed by atoms with van der Waals surface area (Å²) < 4.78 is 6.03. The number of rotatable bonds is 1. The van der Waals surface area contributed by atoms with Gasteiger partial charge in [-0.2, -0.15) is 10.1 Å².